The van der Waals surface area contributed by atoms with Crippen LogP contribution in [0.5, 0.6) is 0 Å². The van der Waals surface area contributed by atoms with Gasteiger partial charge in [0.1, 0.15) is 5.82 Å². The Morgan fingerprint density at radius 1 is 1.03 bits per heavy atom. The number of imidazole rings is 1. The molecule has 3 aliphatic rings. The molecule has 6 rings (SSSR count). The highest BCUT2D eigenvalue weighted by molar-refractivity contribution is 5.86. The number of rotatable bonds is 7. The van der Waals surface area contributed by atoms with Gasteiger partial charge in [0.25, 0.3) is 0 Å². The van der Waals surface area contributed by atoms with Crippen LogP contribution in [0.1, 0.15) is 81.3 Å². The minimum Gasteiger partial charge on any atom is -0.348 e. The summed E-state index contributed by atoms with van der Waals surface area (Å²) in [5.41, 5.74) is 9.35. The Balaban J connectivity index is 1.16. The number of fused-ring (bicyclic) bond motifs is 3. The van der Waals surface area contributed by atoms with Crippen LogP contribution >= 0.6 is 0 Å². The summed E-state index contributed by atoms with van der Waals surface area (Å²) in [5.74, 6) is 1.15. The number of hydrogen-bond acceptors (Lipinski definition) is 4. The zero-order valence-corrected chi connectivity index (χ0v) is 21.4. The first-order chi connectivity index (χ1) is 17.5. The van der Waals surface area contributed by atoms with E-state index in [-0.39, 0.29) is 11.9 Å². The third-order valence-corrected chi connectivity index (χ3v) is 9.13. The molecule has 3 heterocycles. The van der Waals surface area contributed by atoms with Gasteiger partial charge < -0.3 is 15.6 Å². The minimum absolute atomic E-state index is 0.00307. The smallest absolute Gasteiger partial charge is 0.240 e. The van der Waals surface area contributed by atoms with Crippen LogP contribution in [0.2, 0.25) is 0 Å². The molecule has 1 aliphatic carbocycles. The van der Waals surface area contributed by atoms with Crippen LogP contribution in [0.3, 0.4) is 0 Å². The second kappa shape index (κ2) is 9.64. The summed E-state index contributed by atoms with van der Waals surface area (Å²) in [6.45, 7) is 3.15. The van der Waals surface area contributed by atoms with Crippen LogP contribution in [0.25, 0.3) is 11.0 Å². The van der Waals surface area contributed by atoms with E-state index in [0.717, 1.165) is 50.0 Å². The normalized spacial score (nSPS) is 26.3. The number of carbonyl (C=O) groups is 1. The summed E-state index contributed by atoms with van der Waals surface area (Å²) in [6, 6.07) is 20.7. The van der Waals surface area contributed by atoms with Crippen LogP contribution in [0.15, 0.2) is 54.6 Å². The molecule has 0 radical (unpaired) electrons. The molecule has 3 aromatic rings. The van der Waals surface area contributed by atoms with Crippen LogP contribution in [-0.4, -0.2) is 44.5 Å². The fourth-order valence-corrected chi connectivity index (χ4v) is 7.27. The van der Waals surface area contributed by atoms with Gasteiger partial charge in [0, 0.05) is 24.7 Å². The van der Waals surface area contributed by atoms with E-state index in [1.54, 1.807) is 0 Å². The van der Waals surface area contributed by atoms with Crippen molar-refractivity contribution in [2.75, 3.05) is 6.54 Å². The average molecular weight is 486 g/mol. The predicted octanol–water partition coefficient (Wildman–Crippen LogP) is 5.03. The first-order valence-electron chi connectivity index (χ1n) is 13.9. The number of benzene rings is 2. The van der Waals surface area contributed by atoms with E-state index in [4.69, 9.17) is 10.7 Å². The van der Waals surface area contributed by atoms with Crippen molar-refractivity contribution in [1.82, 2.24) is 19.8 Å². The molecule has 3 N–H and O–H groups in total. The molecule has 1 aromatic heterocycles. The SMILES string of the molecule is Cc1nc2ccccc2n1C1CC2CCC(C1)N2CC[C@H](NC(=O)C1(N)CCCC1)c1ccccc1. The fourth-order valence-electron chi connectivity index (χ4n) is 7.27. The average Bonchev–Trinajstić information content (AvgIpc) is 3.55. The highest BCUT2D eigenvalue weighted by Crippen LogP contribution is 2.42. The number of para-hydroxylation sites is 2. The van der Waals surface area contributed by atoms with Gasteiger partial charge in [-0.15, -0.1) is 0 Å². The van der Waals surface area contributed by atoms with Gasteiger partial charge in [-0.3, -0.25) is 9.69 Å². The maximum Gasteiger partial charge on any atom is 0.240 e. The van der Waals surface area contributed by atoms with E-state index in [9.17, 15) is 4.79 Å². The van der Waals surface area contributed by atoms with Crippen LogP contribution in [0, 0.1) is 6.92 Å². The summed E-state index contributed by atoms with van der Waals surface area (Å²) in [6.07, 6.45) is 9.46. The molecule has 190 valence electrons. The van der Waals surface area contributed by atoms with Crippen molar-refractivity contribution < 1.29 is 4.79 Å². The van der Waals surface area contributed by atoms with E-state index in [1.807, 2.05) is 6.07 Å². The van der Waals surface area contributed by atoms with E-state index in [2.05, 4.69) is 70.2 Å². The summed E-state index contributed by atoms with van der Waals surface area (Å²) in [7, 11) is 0. The highest BCUT2D eigenvalue weighted by atomic mass is 16.2. The summed E-state index contributed by atoms with van der Waals surface area (Å²) in [5, 5.41) is 3.36. The quantitative estimate of drug-likeness (QED) is 0.492. The van der Waals surface area contributed by atoms with Gasteiger partial charge in [-0.1, -0.05) is 55.3 Å². The molecule has 2 saturated heterocycles. The Bertz CT molecular complexity index is 1200. The predicted molar refractivity (Wildman–Crippen MR) is 144 cm³/mol. The molecule has 1 saturated carbocycles. The van der Waals surface area contributed by atoms with Crippen molar-refractivity contribution in [3.8, 4) is 0 Å². The van der Waals surface area contributed by atoms with Gasteiger partial charge in [-0.25, -0.2) is 4.98 Å². The lowest BCUT2D eigenvalue weighted by Gasteiger charge is -2.40. The molecule has 2 aromatic carbocycles. The fraction of sp³-hybridized carbons (Fsp3) is 0.533. The first kappa shape index (κ1) is 23.7. The first-order valence-corrected chi connectivity index (χ1v) is 13.9. The van der Waals surface area contributed by atoms with Crippen molar-refractivity contribution in [1.29, 1.82) is 0 Å². The minimum atomic E-state index is -0.699. The van der Waals surface area contributed by atoms with Gasteiger partial charge >= 0.3 is 0 Å². The maximum atomic E-state index is 13.2. The molecule has 2 unspecified atom stereocenters. The van der Waals surface area contributed by atoms with Gasteiger partial charge in [0.15, 0.2) is 0 Å². The Labute approximate surface area is 214 Å². The Morgan fingerprint density at radius 3 is 2.42 bits per heavy atom. The summed E-state index contributed by atoms with van der Waals surface area (Å²) in [4.78, 5) is 20.8. The zero-order chi connectivity index (χ0) is 24.7. The molecule has 0 spiro atoms. The van der Waals surface area contributed by atoms with Gasteiger partial charge in [0.2, 0.25) is 5.91 Å². The number of piperidine rings is 1. The number of nitrogens with one attached hydrogen (secondary N) is 1. The molecule has 1 amide bonds. The van der Waals surface area contributed by atoms with E-state index in [0.29, 0.717) is 18.1 Å². The number of aromatic nitrogens is 2. The van der Waals surface area contributed by atoms with E-state index < -0.39 is 5.54 Å². The van der Waals surface area contributed by atoms with Crippen molar-refractivity contribution in [3.63, 3.8) is 0 Å². The van der Waals surface area contributed by atoms with Gasteiger partial charge in [-0.05, 0) is 69.6 Å². The third kappa shape index (κ3) is 4.35. The van der Waals surface area contributed by atoms with Crippen LogP contribution in [-0.2, 0) is 4.79 Å². The second-order valence-corrected chi connectivity index (χ2v) is 11.4. The molecule has 3 fully saturated rings. The zero-order valence-electron chi connectivity index (χ0n) is 21.4. The number of nitrogens with two attached hydrogens (primary N) is 1. The van der Waals surface area contributed by atoms with Gasteiger partial charge in [0.05, 0.1) is 22.6 Å². The van der Waals surface area contributed by atoms with Gasteiger partial charge in [-0.2, -0.15) is 0 Å². The van der Waals surface area contributed by atoms with Crippen molar-refractivity contribution >= 4 is 16.9 Å². The lowest BCUT2D eigenvalue weighted by Crippen LogP contribution is -2.53. The third-order valence-electron chi connectivity index (χ3n) is 9.13. The van der Waals surface area contributed by atoms with E-state index in [1.165, 1.54) is 36.8 Å². The largest absolute Gasteiger partial charge is 0.348 e. The Hall–Kier alpha value is -2.70. The maximum absolute atomic E-state index is 13.2. The molecule has 2 bridgehead atoms. The lowest BCUT2D eigenvalue weighted by atomic mass is 9.94. The highest BCUT2D eigenvalue weighted by Gasteiger charge is 2.42. The molecular formula is C30H39N5O. The summed E-state index contributed by atoms with van der Waals surface area (Å²) >= 11 is 0. The van der Waals surface area contributed by atoms with Crippen molar-refractivity contribution in [2.45, 2.75) is 94.4 Å². The van der Waals surface area contributed by atoms with Crippen LogP contribution < -0.4 is 11.1 Å². The molecular weight excluding hydrogens is 446 g/mol. The number of amides is 1. The van der Waals surface area contributed by atoms with Crippen molar-refractivity contribution in [3.05, 3.63) is 66.0 Å². The monoisotopic (exact) mass is 485 g/mol. The van der Waals surface area contributed by atoms with E-state index >= 15 is 0 Å². The number of carbonyl (C=O) groups excluding carboxylic acids is 1. The summed E-state index contributed by atoms with van der Waals surface area (Å²) < 4.78 is 2.49. The molecule has 3 atom stereocenters. The van der Waals surface area contributed by atoms with Crippen molar-refractivity contribution in [2.24, 2.45) is 5.73 Å². The lowest BCUT2D eigenvalue weighted by molar-refractivity contribution is -0.127. The Kier molecular flexibility index (Phi) is 6.34. The molecule has 2 aliphatic heterocycles. The number of aryl methyl sites for hydroxylation is 1. The topological polar surface area (TPSA) is 76.2 Å². The number of nitrogens with zero attached hydrogens (tertiary/aromatic N) is 3. The molecule has 6 nitrogen and oxygen atoms in total. The second-order valence-electron chi connectivity index (χ2n) is 11.4. The molecule has 36 heavy (non-hydrogen) atoms. The number of hydrogen-bond donors (Lipinski definition) is 2. The Morgan fingerprint density at radius 2 is 1.69 bits per heavy atom. The van der Waals surface area contributed by atoms with Crippen LogP contribution in [0.4, 0.5) is 0 Å². The molecule has 6 heteroatoms. The standard InChI is InChI=1S/C30H39N5O/c1-21-32-27-11-5-6-12-28(27)35(21)25-19-23-13-14-24(20-25)34(23)18-15-26(22-9-3-2-4-10-22)33-29(36)30(31)16-7-8-17-30/h2-6,9-12,23-26H,7-8,13-20,31H2,1H3,(H,33,36)/t23?,24?,25?,26-/m0/s1.